The van der Waals surface area contributed by atoms with Crippen LogP contribution in [0.1, 0.15) is 12.5 Å². The van der Waals surface area contributed by atoms with Crippen molar-refractivity contribution in [2.24, 2.45) is 0 Å². The van der Waals surface area contributed by atoms with Gasteiger partial charge in [-0.05, 0) is 25.5 Å². The largest absolute Gasteiger partial charge is 0.269 e. The smallest absolute Gasteiger partial charge is 0.261 e. The van der Waals surface area contributed by atoms with Crippen molar-refractivity contribution in [3.8, 4) is 0 Å². The first-order chi connectivity index (χ1) is 7.18. The molecule has 2 heterocycles. The van der Waals surface area contributed by atoms with Crippen molar-refractivity contribution in [2.45, 2.75) is 18.7 Å². The third-order valence-corrected chi connectivity index (χ3v) is 2.34. The van der Waals surface area contributed by atoms with E-state index in [-0.39, 0.29) is 10.9 Å². The lowest BCUT2D eigenvalue weighted by molar-refractivity contribution is 0.881. The molecule has 0 aliphatic heterocycles. The van der Waals surface area contributed by atoms with Gasteiger partial charge in [-0.15, -0.1) is 11.6 Å². The van der Waals surface area contributed by atoms with E-state index in [0.29, 0.717) is 17.6 Å². The molecule has 2 rings (SSSR count). The maximum atomic E-state index is 11.9. The number of aromatic nitrogens is 2. The summed E-state index contributed by atoms with van der Waals surface area (Å²) in [5.74, 6) is 0. The number of pyridine rings is 1. The molecule has 0 saturated heterocycles. The molecule has 0 aliphatic rings. The van der Waals surface area contributed by atoms with Crippen molar-refractivity contribution in [2.75, 3.05) is 0 Å². The molecule has 0 aliphatic carbocycles. The molecule has 1 atom stereocenters. The van der Waals surface area contributed by atoms with Gasteiger partial charge in [-0.1, -0.05) is 6.07 Å². The van der Waals surface area contributed by atoms with Gasteiger partial charge in [-0.25, -0.2) is 4.98 Å². The minimum atomic E-state index is -0.0544. The number of fused-ring (bicyclic) bond motifs is 1. The standard InChI is InChI=1S/C11H11ClN2O/c1-8(12)6-9-7-13-10-4-2-3-5-14(10)11(9)15/h2-5,7-8H,6H2,1H3/t8-/m0/s1. The van der Waals surface area contributed by atoms with Crippen LogP contribution in [0, 0.1) is 0 Å². The number of nitrogens with zero attached hydrogens (tertiary/aromatic N) is 2. The van der Waals surface area contributed by atoms with Crippen molar-refractivity contribution in [3.05, 3.63) is 46.5 Å². The number of halogens is 1. The highest BCUT2D eigenvalue weighted by atomic mass is 35.5. The zero-order valence-electron chi connectivity index (χ0n) is 8.35. The minimum Gasteiger partial charge on any atom is -0.269 e. The van der Waals surface area contributed by atoms with E-state index in [4.69, 9.17) is 11.6 Å². The van der Waals surface area contributed by atoms with E-state index in [0.717, 1.165) is 0 Å². The van der Waals surface area contributed by atoms with Gasteiger partial charge < -0.3 is 0 Å². The Labute approximate surface area is 92.3 Å². The molecule has 15 heavy (non-hydrogen) atoms. The molecule has 78 valence electrons. The molecule has 0 radical (unpaired) electrons. The van der Waals surface area contributed by atoms with E-state index in [9.17, 15) is 4.79 Å². The molecule has 0 bridgehead atoms. The third kappa shape index (κ3) is 2.02. The van der Waals surface area contributed by atoms with E-state index >= 15 is 0 Å². The highest BCUT2D eigenvalue weighted by Gasteiger charge is 2.06. The Bertz CT molecular complexity index is 533. The molecular weight excluding hydrogens is 212 g/mol. The molecule has 0 amide bonds. The first-order valence-electron chi connectivity index (χ1n) is 4.78. The van der Waals surface area contributed by atoms with E-state index in [1.54, 1.807) is 18.5 Å². The van der Waals surface area contributed by atoms with E-state index in [1.165, 1.54) is 4.40 Å². The third-order valence-electron chi connectivity index (χ3n) is 2.19. The zero-order chi connectivity index (χ0) is 10.8. The van der Waals surface area contributed by atoms with Gasteiger partial charge in [-0.3, -0.25) is 9.20 Å². The molecule has 2 aromatic heterocycles. The summed E-state index contributed by atoms with van der Waals surface area (Å²) >= 11 is 5.86. The molecule has 0 aromatic carbocycles. The summed E-state index contributed by atoms with van der Waals surface area (Å²) in [7, 11) is 0. The maximum absolute atomic E-state index is 11.9. The summed E-state index contributed by atoms with van der Waals surface area (Å²) in [6.07, 6.45) is 3.87. The van der Waals surface area contributed by atoms with E-state index in [1.807, 2.05) is 19.1 Å². The second-order valence-electron chi connectivity index (χ2n) is 3.50. The van der Waals surface area contributed by atoms with Gasteiger partial charge in [0.2, 0.25) is 0 Å². The van der Waals surface area contributed by atoms with Crippen LogP contribution < -0.4 is 5.56 Å². The average molecular weight is 223 g/mol. The Morgan fingerprint density at radius 3 is 3.07 bits per heavy atom. The van der Waals surface area contributed by atoms with Gasteiger partial charge in [-0.2, -0.15) is 0 Å². The van der Waals surface area contributed by atoms with E-state index < -0.39 is 0 Å². The molecule has 0 saturated carbocycles. The Hall–Kier alpha value is -1.35. The number of hydrogen-bond acceptors (Lipinski definition) is 2. The fourth-order valence-electron chi connectivity index (χ4n) is 1.51. The minimum absolute atomic E-state index is 0.0342. The first-order valence-corrected chi connectivity index (χ1v) is 5.21. The fraction of sp³-hybridized carbons (Fsp3) is 0.273. The topological polar surface area (TPSA) is 34.4 Å². The summed E-state index contributed by atoms with van der Waals surface area (Å²) in [6, 6.07) is 5.46. The van der Waals surface area contributed by atoms with E-state index in [2.05, 4.69) is 4.98 Å². The van der Waals surface area contributed by atoms with Crippen LogP contribution in [-0.4, -0.2) is 14.8 Å². The molecule has 3 nitrogen and oxygen atoms in total. The van der Waals surface area contributed by atoms with Crippen molar-refractivity contribution in [1.82, 2.24) is 9.38 Å². The van der Waals surface area contributed by atoms with Gasteiger partial charge in [0.25, 0.3) is 5.56 Å². The molecule has 0 N–H and O–H groups in total. The van der Waals surface area contributed by atoms with Crippen LogP contribution >= 0.6 is 11.6 Å². The number of alkyl halides is 1. The maximum Gasteiger partial charge on any atom is 0.261 e. The Kier molecular flexibility index (Phi) is 2.73. The monoisotopic (exact) mass is 222 g/mol. The quantitative estimate of drug-likeness (QED) is 0.727. The number of rotatable bonds is 2. The average Bonchev–Trinajstić information content (AvgIpc) is 2.22. The first kappa shape index (κ1) is 10.2. The summed E-state index contributed by atoms with van der Waals surface area (Å²) in [5, 5.41) is -0.0544. The lowest BCUT2D eigenvalue weighted by Gasteiger charge is -2.04. The predicted molar refractivity (Wildman–Crippen MR) is 60.5 cm³/mol. The molecule has 2 aromatic rings. The van der Waals surface area contributed by atoms with Crippen LogP contribution in [0.4, 0.5) is 0 Å². The molecule has 0 unspecified atom stereocenters. The lowest BCUT2D eigenvalue weighted by Crippen LogP contribution is -2.20. The molecular formula is C11H11ClN2O. The van der Waals surface area contributed by atoms with Crippen LogP contribution in [0.3, 0.4) is 0 Å². The van der Waals surface area contributed by atoms with Gasteiger partial charge in [0, 0.05) is 23.3 Å². The van der Waals surface area contributed by atoms with Crippen LogP contribution in [0.5, 0.6) is 0 Å². The second-order valence-corrected chi connectivity index (χ2v) is 4.25. The van der Waals surface area contributed by atoms with Gasteiger partial charge in [0.15, 0.2) is 0 Å². The summed E-state index contributed by atoms with van der Waals surface area (Å²) in [5.41, 5.74) is 1.28. The van der Waals surface area contributed by atoms with Crippen molar-refractivity contribution in [1.29, 1.82) is 0 Å². The highest BCUT2D eigenvalue weighted by Crippen LogP contribution is 2.03. The van der Waals surface area contributed by atoms with Gasteiger partial charge in [0.1, 0.15) is 5.65 Å². The summed E-state index contributed by atoms with van der Waals surface area (Å²) < 4.78 is 1.54. The van der Waals surface area contributed by atoms with Gasteiger partial charge in [0.05, 0.1) is 0 Å². The van der Waals surface area contributed by atoms with Crippen molar-refractivity contribution in [3.63, 3.8) is 0 Å². The number of hydrogen-bond donors (Lipinski definition) is 0. The zero-order valence-corrected chi connectivity index (χ0v) is 9.11. The fourth-order valence-corrected chi connectivity index (χ4v) is 1.67. The molecule has 4 heteroatoms. The van der Waals surface area contributed by atoms with Gasteiger partial charge >= 0.3 is 0 Å². The van der Waals surface area contributed by atoms with Crippen LogP contribution in [-0.2, 0) is 6.42 Å². The van der Waals surface area contributed by atoms with Crippen LogP contribution in [0.15, 0.2) is 35.4 Å². The van der Waals surface area contributed by atoms with Crippen molar-refractivity contribution < 1.29 is 0 Å². The highest BCUT2D eigenvalue weighted by molar-refractivity contribution is 6.20. The lowest BCUT2D eigenvalue weighted by atomic mass is 10.2. The Morgan fingerprint density at radius 1 is 1.53 bits per heavy atom. The predicted octanol–water partition coefficient (Wildman–Crippen LogP) is 1.86. The summed E-state index contributed by atoms with van der Waals surface area (Å²) in [4.78, 5) is 16.1. The Balaban J connectivity index is 2.60. The van der Waals surface area contributed by atoms with Crippen LogP contribution in [0.2, 0.25) is 0 Å². The van der Waals surface area contributed by atoms with Crippen molar-refractivity contribution >= 4 is 17.2 Å². The van der Waals surface area contributed by atoms with Crippen LogP contribution in [0.25, 0.3) is 5.65 Å². The normalized spacial score (nSPS) is 12.9. The Morgan fingerprint density at radius 2 is 2.33 bits per heavy atom. The second kappa shape index (κ2) is 4.03. The SMILES string of the molecule is C[C@H](Cl)Cc1cnc2ccccn2c1=O. The summed E-state index contributed by atoms with van der Waals surface area (Å²) in [6.45, 7) is 1.86. The molecule has 0 fully saturated rings. The molecule has 0 spiro atoms.